The zero-order chi connectivity index (χ0) is 13.1. The number of rotatable bonds is 9. The van der Waals surface area contributed by atoms with Gasteiger partial charge in [-0.1, -0.05) is 0 Å². The van der Waals surface area contributed by atoms with Gasteiger partial charge in [0.05, 0.1) is 19.3 Å². The Kier molecular flexibility index (Phi) is 8.75. The molecule has 3 N–H and O–H groups in total. The lowest BCUT2D eigenvalue weighted by atomic mass is 10.2. The minimum atomic E-state index is -0.0864. The van der Waals surface area contributed by atoms with Crippen LogP contribution in [0.5, 0.6) is 0 Å². The van der Waals surface area contributed by atoms with Crippen molar-refractivity contribution in [2.75, 3.05) is 53.1 Å². The van der Waals surface area contributed by atoms with E-state index in [0.717, 1.165) is 32.5 Å². The molecule has 0 radical (unpaired) electrons. The minimum Gasteiger partial charge on any atom is -0.382 e. The zero-order valence-electron chi connectivity index (χ0n) is 11.2. The molecule has 0 bridgehead atoms. The van der Waals surface area contributed by atoms with Crippen LogP contribution in [0.4, 0.5) is 0 Å². The van der Waals surface area contributed by atoms with Gasteiger partial charge < -0.3 is 25.4 Å². The lowest BCUT2D eigenvalue weighted by Crippen LogP contribution is -2.55. The highest BCUT2D eigenvalue weighted by atomic mass is 16.5. The Bertz CT molecular complexity index is 221. The van der Waals surface area contributed by atoms with Crippen LogP contribution in [0.15, 0.2) is 0 Å². The molecule has 0 saturated carbocycles. The lowest BCUT2D eigenvalue weighted by molar-refractivity contribution is -0.123. The topological polar surface area (TPSA) is 71.6 Å². The van der Waals surface area contributed by atoms with Crippen molar-refractivity contribution in [2.24, 2.45) is 0 Å². The average molecular weight is 259 g/mol. The van der Waals surface area contributed by atoms with Crippen LogP contribution in [-0.4, -0.2) is 65.1 Å². The number of methoxy groups -OCH3 is 1. The van der Waals surface area contributed by atoms with E-state index in [2.05, 4.69) is 16.0 Å². The molecule has 1 saturated heterocycles. The van der Waals surface area contributed by atoms with Crippen LogP contribution in [0.25, 0.3) is 0 Å². The fourth-order valence-corrected chi connectivity index (χ4v) is 1.75. The minimum absolute atomic E-state index is 0.0856. The molecule has 6 heteroatoms. The first-order valence-electron chi connectivity index (χ1n) is 6.63. The van der Waals surface area contributed by atoms with Gasteiger partial charge in [0.25, 0.3) is 0 Å². The maximum atomic E-state index is 11.7. The van der Waals surface area contributed by atoms with Gasteiger partial charge in [0.1, 0.15) is 0 Å². The van der Waals surface area contributed by atoms with Gasteiger partial charge >= 0.3 is 0 Å². The van der Waals surface area contributed by atoms with E-state index < -0.39 is 0 Å². The predicted molar refractivity (Wildman–Crippen MR) is 69.6 cm³/mol. The first-order chi connectivity index (χ1) is 8.84. The normalized spacial score (nSPS) is 19.7. The van der Waals surface area contributed by atoms with Crippen molar-refractivity contribution in [3.05, 3.63) is 0 Å². The van der Waals surface area contributed by atoms with Crippen LogP contribution in [-0.2, 0) is 14.3 Å². The monoisotopic (exact) mass is 259 g/mol. The molecule has 106 valence electrons. The van der Waals surface area contributed by atoms with E-state index in [9.17, 15) is 4.79 Å². The van der Waals surface area contributed by atoms with Crippen LogP contribution in [0.1, 0.15) is 12.8 Å². The standard InChI is InChI=1S/C12H25N3O3/c1-17-8-9-18-7-3-2-4-15-12(16)11-10-13-5-6-14-11/h11,13-14H,2-10H2,1H3,(H,15,16). The molecule has 1 fully saturated rings. The van der Waals surface area contributed by atoms with Crippen molar-refractivity contribution in [1.29, 1.82) is 0 Å². The fourth-order valence-electron chi connectivity index (χ4n) is 1.75. The van der Waals surface area contributed by atoms with Gasteiger partial charge in [-0.3, -0.25) is 4.79 Å². The molecular formula is C12H25N3O3. The quantitative estimate of drug-likeness (QED) is 0.468. The number of carbonyl (C=O) groups is 1. The smallest absolute Gasteiger partial charge is 0.238 e. The summed E-state index contributed by atoms with van der Waals surface area (Å²) < 4.78 is 10.2. The van der Waals surface area contributed by atoms with Gasteiger partial charge in [-0.25, -0.2) is 0 Å². The van der Waals surface area contributed by atoms with E-state index >= 15 is 0 Å². The second kappa shape index (κ2) is 10.3. The molecular weight excluding hydrogens is 234 g/mol. The Hall–Kier alpha value is -0.690. The number of nitrogens with one attached hydrogen (secondary N) is 3. The van der Waals surface area contributed by atoms with Crippen molar-refractivity contribution in [2.45, 2.75) is 18.9 Å². The summed E-state index contributed by atoms with van der Waals surface area (Å²) in [5.41, 5.74) is 0. The molecule has 18 heavy (non-hydrogen) atoms. The van der Waals surface area contributed by atoms with E-state index in [1.807, 2.05) is 0 Å². The average Bonchev–Trinajstić information content (AvgIpc) is 2.42. The Morgan fingerprint density at radius 1 is 1.28 bits per heavy atom. The summed E-state index contributed by atoms with van der Waals surface area (Å²) in [7, 11) is 1.66. The zero-order valence-corrected chi connectivity index (χ0v) is 11.2. The molecule has 1 aliphatic heterocycles. The number of unbranched alkanes of at least 4 members (excludes halogenated alkanes) is 1. The second-order valence-electron chi connectivity index (χ2n) is 4.31. The first kappa shape index (κ1) is 15.4. The Balaban J connectivity index is 1.89. The highest BCUT2D eigenvalue weighted by molar-refractivity contribution is 5.82. The molecule has 1 heterocycles. The Labute approximate surface area is 109 Å². The summed E-state index contributed by atoms with van der Waals surface area (Å²) in [4.78, 5) is 11.7. The van der Waals surface area contributed by atoms with Crippen molar-refractivity contribution >= 4 is 5.91 Å². The number of ether oxygens (including phenoxy) is 2. The lowest BCUT2D eigenvalue weighted by Gasteiger charge is -2.23. The van der Waals surface area contributed by atoms with E-state index in [-0.39, 0.29) is 11.9 Å². The third kappa shape index (κ3) is 6.90. The summed E-state index contributed by atoms with van der Waals surface area (Å²) in [6.45, 7) is 5.21. The molecule has 1 unspecified atom stereocenters. The molecule has 0 aromatic heterocycles. The maximum Gasteiger partial charge on any atom is 0.238 e. The molecule has 0 aromatic rings. The maximum absolute atomic E-state index is 11.7. The summed E-state index contributed by atoms with van der Waals surface area (Å²) in [5.74, 6) is 0.0856. The SMILES string of the molecule is COCCOCCCCNC(=O)C1CNCCN1. The van der Waals surface area contributed by atoms with Crippen LogP contribution in [0, 0.1) is 0 Å². The van der Waals surface area contributed by atoms with Gasteiger partial charge in [-0.05, 0) is 12.8 Å². The van der Waals surface area contributed by atoms with Crippen LogP contribution in [0.2, 0.25) is 0 Å². The summed E-state index contributed by atoms with van der Waals surface area (Å²) in [6, 6.07) is -0.0864. The van der Waals surface area contributed by atoms with Gasteiger partial charge in [0.2, 0.25) is 5.91 Å². The summed E-state index contributed by atoms with van der Waals surface area (Å²) in [5, 5.41) is 9.30. The van der Waals surface area contributed by atoms with Gasteiger partial charge in [-0.15, -0.1) is 0 Å². The summed E-state index contributed by atoms with van der Waals surface area (Å²) >= 11 is 0. The molecule has 1 atom stereocenters. The van der Waals surface area contributed by atoms with E-state index in [0.29, 0.717) is 26.3 Å². The van der Waals surface area contributed by atoms with Gasteiger partial charge in [-0.2, -0.15) is 0 Å². The van der Waals surface area contributed by atoms with Crippen molar-refractivity contribution in [3.63, 3.8) is 0 Å². The van der Waals surface area contributed by atoms with Crippen molar-refractivity contribution in [1.82, 2.24) is 16.0 Å². The van der Waals surface area contributed by atoms with Gasteiger partial charge in [0.15, 0.2) is 0 Å². The highest BCUT2D eigenvalue weighted by Crippen LogP contribution is 1.91. The molecule has 0 spiro atoms. The predicted octanol–water partition coefficient (Wildman–Crippen LogP) is -0.893. The molecule has 1 aliphatic rings. The van der Waals surface area contributed by atoms with Crippen LogP contribution >= 0.6 is 0 Å². The third-order valence-electron chi connectivity index (χ3n) is 2.80. The number of piperazine rings is 1. The number of hydrogen-bond donors (Lipinski definition) is 3. The second-order valence-corrected chi connectivity index (χ2v) is 4.31. The highest BCUT2D eigenvalue weighted by Gasteiger charge is 2.19. The van der Waals surface area contributed by atoms with Crippen molar-refractivity contribution < 1.29 is 14.3 Å². The van der Waals surface area contributed by atoms with Crippen molar-refractivity contribution in [3.8, 4) is 0 Å². The number of amides is 1. The third-order valence-corrected chi connectivity index (χ3v) is 2.80. The fraction of sp³-hybridized carbons (Fsp3) is 0.917. The molecule has 6 nitrogen and oxygen atoms in total. The number of carbonyl (C=O) groups excluding carboxylic acids is 1. The largest absolute Gasteiger partial charge is 0.382 e. The van der Waals surface area contributed by atoms with Gasteiger partial charge in [0, 0.05) is 39.9 Å². The molecule has 1 rings (SSSR count). The van der Waals surface area contributed by atoms with Crippen LogP contribution in [0.3, 0.4) is 0 Å². The first-order valence-corrected chi connectivity index (χ1v) is 6.63. The molecule has 1 amide bonds. The Morgan fingerprint density at radius 2 is 2.17 bits per heavy atom. The molecule has 0 aromatic carbocycles. The number of hydrogen-bond acceptors (Lipinski definition) is 5. The van der Waals surface area contributed by atoms with E-state index in [1.165, 1.54) is 0 Å². The van der Waals surface area contributed by atoms with E-state index in [4.69, 9.17) is 9.47 Å². The van der Waals surface area contributed by atoms with Crippen LogP contribution < -0.4 is 16.0 Å². The molecule has 0 aliphatic carbocycles. The Morgan fingerprint density at radius 3 is 2.89 bits per heavy atom. The van der Waals surface area contributed by atoms with E-state index in [1.54, 1.807) is 7.11 Å². The summed E-state index contributed by atoms with van der Waals surface area (Å²) in [6.07, 6.45) is 1.90.